The molecule has 0 aliphatic carbocycles. The smallest absolute Gasteiger partial charge is 0.254 e. The molecule has 1 amide bonds. The quantitative estimate of drug-likeness (QED) is 0.695. The van der Waals surface area contributed by atoms with Crippen LogP contribution >= 0.6 is 11.3 Å². The number of amides is 1. The molecule has 8 heteroatoms. The van der Waals surface area contributed by atoms with Crippen molar-refractivity contribution in [3.05, 3.63) is 59.1 Å². The SMILES string of the molecule is CS(=O)(=O)c1cccc(C(=O)N2CC[NH+](Cc3nc4ccccc4s3)CC2)c1. The van der Waals surface area contributed by atoms with Gasteiger partial charge in [0.2, 0.25) is 0 Å². The van der Waals surface area contributed by atoms with Crippen LogP contribution in [0.1, 0.15) is 15.4 Å². The Morgan fingerprint density at radius 3 is 2.61 bits per heavy atom. The summed E-state index contributed by atoms with van der Waals surface area (Å²) in [4.78, 5) is 20.9. The minimum absolute atomic E-state index is 0.107. The molecule has 1 aromatic heterocycles. The molecule has 3 aromatic rings. The van der Waals surface area contributed by atoms with Crippen LogP contribution in [-0.2, 0) is 16.4 Å². The fraction of sp³-hybridized carbons (Fsp3) is 0.300. The van der Waals surface area contributed by atoms with Crippen LogP contribution in [-0.4, -0.2) is 56.6 Å². The Morgan fingerprint density at radius 1 is 1.14 bits per heavy atom. The molecule has 0 atom stereocenters. The van der Waals surface area contributed by atoms with Gasteiger partial charge >= 0.3 is 0 Å². The zero-order valence-electron chi connectivity index (χ0n) is 15.6. The Labute approximate surface area is 168 Å². The second-order valence-electron chi connectivity index (χ2n) is 7.09. The van der Waals surface area contributed by atoms with Gasteiger partial charge in [-0.05, 0) is 30.3 Å². The highest BCUT2D eigenvalue weighted by Crippen LogP contribution is 2.21. The Bertz CT molecular complexity index is 1080. The van der Waals surface area contributed by atoms with Crippen molar-refractivity contribution in [3.8, 4) is 0 Å². The lowest BCUT2D eigenvalue weighted by Crippen LogP contribution is -3.13. The third-order valence-corrected chi connectivity index (χ3v) is 7.15. The number of aromatic nitrogens is 1. The number of nitrogens with zero attached hydrogens (tertiary/aromatic N) is 2. The second kappa shape index (κ2) is 7.62. The van der Waals surface area contributed by atoms with Gasteiger partial charge in [0.25, 0.3) is 5.91 Å². The number of piperazine rings is 1. The molecular weight excluding hydrogens is 394 g/mol. The first kappa shape index (κ1) is 19.0. The number of sulfone groups is 1. The monoisotopic (exact) mass is 416 g/mol. The van der Waals surface area contributed by atoms with E-state index in [9.17, 15) is 13.2 Å². The van der Waals surface area contributed by atoms with Crippen molar-refractivity contribution in [2.75, 3.05) is 32.4 Å². The van der Waals surface area contributed by atoms with E-state index < -0.39 is 9.84 Å². The maximum absolute atomic E-state index is 12.8. The van der Waals surface area contributed by atoms with Crippen LogP contribution in [0.4, 0.5) is 0 Å². The van der Waals surface area contributed by atoms with Crippen LogP contribution in [0.25, 0.3) is 10.2 Å². The number of carbonyl (C=O) groups excluding carboxylic acids is 1. The summed E-state index contributed by atoms with van der Waals surface area (Å²) in [5, 5.41) is 1.12. The van der Waals surface area contributed by atoms with Gasteiger partial charge < -0.3 is 9.80 Å². The Kier molecular flexibility index (Phi) is 5.18. The van der Waals surface area contributed by atoms with E-state index in [0.717, 1.165) is 36.4 Å². The predicted octanol–water partition coefficient (Wildman–Crippen LogP) is 1.24. The van der Waals surface area contributed by atoms with Gasteiger partial charge in [-0.1, -0.05) is 18.2 Å². The molecule has 0 saturated carbocycles. The lowest BCUT2D eigenvalue weighted by Gasteiger charge is -2.32. The van der Waals surface area contributed by atoms with Crippen LogP contribution in [0, 0.1) is 0 Å². The van der Waals surface area contributed by atoms with E-state index in [1.165, 1.54) is 21.7 Å². The van der Waals surface area contributed by atoms with E-state index in [0.29, 0.717) is 18.7 Å². The molecule has 0 bridgehead atoms. The standard InChI is InChI=1S/C20H21N3O3S2/c1-28(25,26)16-6-4-5-15(13-16)20(24)23-11-9-22(10-12-23)14-19-21-17-7-2-3-8-18(17)27-19/h2-8,13H,9-12,14H2,1H3/p+1. The van der Waals surface area contributed by atoms with Gasteiger partial charge in [-0.15, -0.1) is 11.3 Å². The number of quaternary nitrogens is 1. The highest BCUT2D eigenvalue weighted by molar-refractivity contribution is 7.90. The molecule has 2 aromatic carbocycles. The van der Waals surface area contributed by atoms with E-state index in [4.69, 9.17) is 4.98 Å². The average Bonchev–Trinajstić information content (AvgIpc) is 3.10. The third-order valence-electron chi connectivity index (χ3n) is 5.01. The molecule has 1 aliphatic rings. The van der Waals surface area contributed by atoms with E-state index in [-0.39, 0.29) is 10.8 Å². The number of benzene rings is 2. The molecule has 2 heterocycles. The van der Waals surface area contributed by atoms with E-state index >= 15 is 0 Å². The number of hydrogen-bond donors (Lipinski definition) is 1. The van der Waals surface area contributed by atoms with Gasteiger partial charge in [0.05, 0.1) is 41.3 Å². The fourth-order valence-electron chi connectivity index (χ4n) is 3.45. The molecule has 6 nitrogen and oxygen atoms in total. The minimum Gasteiger partial charge on any atom is -0.327 e. The molecule has 1 N–H and O–H groups in total. The van der Waals surface area contributed by atoms with Gasteiger partial charge in [-0.2, -0.15) is 0 Å². The first-order chi connectivity index (χ1) is 13.4. The van der Waals surface area contributed by atoms with Gasteiger partial charge in [-0.25, -0.2) is 13.4 Å². The highest BCUT2D eigenvalue weighted by atomic mass is 32.2. The first-order valence-corrected chi connectivity index (χ1v) is 11.9. The second-order valence-corrected chi connectivity index (χ2v) is 10.2. The van der Waals surface area contributed by atoms with E-state index in [1.807, 2.05) is 23.1 Å². The molecule has 0 unspecified atom stereocenters. The number of fused-ring (bicyclic) bond motifs is 1. The molecule has 1 saturated heterocycles. The largest absolute Gasteiger partial charge is 0.327 e. The lowest BCUT2D eigenvalue weighted by molar-refractivity contribution is -0.917. The summed E-state index contributed by atoms with van der Waals surface area (Å²) in [6.45, 7) is 3.89. The van der Waals surface area contributed by atoms with Gasteiger partial charge in [-0.3, -0.25) is 4.79 Å². The zero-order chi connectivity index (χ0) is 19.7. The average molecular weight is 417 g/mol. The van der Waals surface area contributed by atoms with Crippen molar-refractivity contribution in [1.29, 1.82) is 0 Å². The molecule has 0 radical (unpaired) electrons. The topological polar surface area (TPSA) is 71.8 Å². The van der Waals surface area contributed by atoms with Crippen molar-refractivity contribution >= 4 is 37.3 Å². The van der Waals surface area contributed by atoms with Crippen molar-refractivity contribution in [3.63, 3.8) is 0 Å². The maximum atomic E-state index is 12.8. The van der Waals surface area contributed by atoms with Crippen molar-refractivity contribution in [2.45, 2.75) is 11.4 Å². The number of carbonyl (C=O) groups is 1. The molecule has 0 spiro atoms. The first-order valence-electron chi connectivity index (χ1n) is 9.17. The Balaban J connectivity index is 1.39. The summed E-state index contributed by atoms with van der Waals surface area (Å²) in [5.41, 5.74) is 1.47. The number of hydrogen-bond acceptors (Lipinski definition) is 5. The summed E-state index contributed by atoms with van der Waals surface area (Å²) in [5.74, 6) is -0.107. The lowest BCUT2D eigenvalue weighted by atomic mass is 10.2. The summed E-state index contributed by atoms with van der Waals surface area (Å²) in [6, 6.07) is 14.4. The molecule has 28 heavy (non-hydrogen) atoms. The van der Waals surface area contributed by atoms with Gasteiger partial charge in [0.1, 0.15) is 11.6 Å². The maximum Gasteiger partial charge on any atom is 0.254 e. The Morgan fingerprint density at radius 2 is 1.89 bits per heavy atom. The molecule has 146 valence electrons. The van der Waals surface area contributed by atoms with Crippen molar-refractivity contribution in [1.82, 2.24) is 9.88 Å². The fourth-order valence-corrected chi connectivity index (χ4v) is 5.16. The van der Waals surface area contributed by atoms with Crippen LogP contribution in [0.2, 0.25) is 0 Å². The summed E-state index contributed by atoms with van der Waals surface area (Å²) >= 11 is 1.73. The number of thiazole rings is 1. The molecule has 1 aliphatic heterocycles. The highest BCUT2D eigenvalue weighted by Gasteiger charge is 2.26. The van der Waals surface area contributed by atoms with Gasteiger partial charge in [0, 0.05) is 11.8 Å². The van der Waals surface area contributed by atoms with Crippen LogP contribution in [0.3, 0.4) is 0 Å². The summed E-state index contributed by atoms with van der Waals surface area (Å²) in [6.07, 6.45) is 1.15. The summed E-state index contributed by atoms with van der Waals surface area (Å²) < 4.78 is 24.7. The van der Waals surface area contributed by atoms with Crippen LogP contribution < -0.4 is 4.90 Å². The molecular formula is C20H22N3O3S2+. The molecule has 1 fully saturated rings. The number of para-hydroxylation sites is 1. The van der Waals surface area contributed by atoms with Crippen molar-refractivity contribution in [2.24, 2.45) is 0 Å². The van der Waals surface area contributed by atoms with Crippen molar-refractivity contribution < 1.29 is 18.1 Å². The third kappa shape index (κ3) is 4.09. The normalized spacial score (nSPS) is 15.8. The Hall–Kier alpha value is -2.29. The van der Waals surface area contributed by atoms with Crippen LogP contribution in [0.5, 0.6) is 0 Å². The van der Waals surface area contributed by atoms with Gasteiger partial charge in [0.15, 0.2) is 9.84 Å². The molecule has 4 rings (SSSR count). The zero-order valence-corrected chi connectivity index (χ0v) is 17.2. The van der Waals surface area contributed by atoms with E-state index in [2.05, 4.69) is 6.07 Å². The number of rotatable bonds is 4. The van der Waals surface area contributed by atoms with Crippen LogP contribution in [0.15, 0.2) is 53.4 Å². The van der Waals surface area contributed by atoms with E-state index in [1.54, 1.807) is 23.5 Å². The summed E-state index contributed by atoms with van der Waals surface area (Å²) in [7, 11) is -3.32. The predicted molar refractivity (Wildman–Crippen MR) is 109 cm³/mol. The number of nitrogens with one attached hydrogen (secondary N) is 1. The minimum atomic E-state index is -3.32.